The van der Waals surface area contributed by atoms with Crippen molar-refractivity contribution in [3.05, 3.63) is 177 Å². The zero-order valence-electron chi connectivity index (χ0n) is 37.7. The van der Waals surface area contributed by atoms with Gasteiger partial charge in [-0.05, 0) is 24.3 Å². The number of nitrogens with zero attached hydrogens (tertiary/aromatic N) is 2. The number of esters is 1. The van der Waals surface area contributed by atoms with Crippen molar-refractivity contribution >= 4 is 39.7 Å². The number of carbonyl (C=O) groups excluding carboxylic acids is 2. The van der Waals surface area contributed by atoms with Crippen LogP contribution in [0.25, 0.3) is 0 Å². The molecule has 5 nitrogen and oxygen atoms in total. The van der Waals surface area contributed by atoms with Gasteiger partial charge in [0.05, 0.1) is 50.7 Å². The lowest BCUT2D eigenvalue weighted by atomic mass is 9.12. The predicted molar refractivity (Wildman–Crippen MR) is 217 cm³/mol. The van der Waals surface area contributed by atoms with Crippen molar-refractivity contribution in [3.8, 4) is 0 Å². The van der Waals surface area contributed by atoms with Gasteiger partial charge in [0.1, 0.15) is 12.3 Å². The molecule has 0 spiro atoms. The van der Waals surface area contributed by atoms with Gasteiger partial charge in [-0.2, -0.15) is 132 Å². The largest absolute Gasteiger partial charge is 0.575 e. The first-order chi connectivity index (χ1) is 35.6. The Morgan fingerprint density at radius 2 is 0.671 bits per heavy atom. The van der Waals surface area contributed by atoms with Crippen LogP contribution in [0, 0.1) is 0 Å². The summed E-state index contributed by atoms with van der Waals surface area (Å²) < 4.78 is 382. The molecule has 1 heterocycles. The van der Waals surface area contributed by atoms with Gasteiger partial charge in [-0.25, -0.2) is 4.79 Å². The van der Waals surface area contributed by atoms with Crippen molar-refractivity contribution in [1.29, 1.82) is 0 Å². The minimum atomic E-state index is -6.13. The third-order valence-electron chi connectivity index (χ3n) is 11.1. The summed E-state index contributed by atoms with van der Waals surface area (Å²) >= 11 is 0. The SMILES string of the molecule is FC(F)(F)c1cc([B-](c2cc(C(F)(F)F)cc(C(F)(F)F)c2)(c2cc(C(F)(F)F)cc(C(F)(F)F)c2)c2cc(C(F)(F)F)cc(C(F)(F)F)c2)cc(C(F)(F)F)c1.O=C(C[n+]1ccncc1C(=O)OC(F)(F)F)c1ccccc1. The average Bonchev–Trinajstić information content (AvgIpc) is 3.29. The average molecular weight is 1170 g/mol. The molecule has 0 unspecified atom stereocenters. The van der Waals surface area contributed by atoms with E-state index in [1.165, 1.54) is 12.4 Å². The zero-order chi connectivity index (χ0) is 60.1. The Morgan fingerprint density at radius 3 is 0.911 bits per heavy atom. The molecule has 33 heteroatoms. The fourth-order valence-corrected chi connectivity index (χ4v) is 7.79. The normalized spacial score (nSPS) is 13.4. The number of alkyl halides is 27. The van der Waals surface area contributed by atoms with E-state index >= 15 is 0 Å². The Labute approximate surface area is 421 Å². The number of ketones is 1. The molecule has 0 N–H and O–H groups in total. The molecule has 0 saturated carbocycles. The van der Waals surface area contributed by atoms with E-state index in [0.717, 1.165) is 10.8 Å². The van der Waals surface area contributed by atoms with Crippen molar-refractivity contribution in [3.63, 3.8) is 0 Å². The number of rotatable bonds is 8. The highest BCUT2D eigenvalue weighted by Gasteiger charge is 2.47. The number of ether oxygens (including phenoxy) is 1. The van der Waals surface area contributed by atoms with E-state index in [1.807, 2.05) is 0 Å². The first-order valence-corrected chi connectivity index (χ1v) is 20.7. The van der Waals surface area contributed by atoms with Crippen molar-refractivity contribution in [2.75, 3.05) is 0 Å². The maximum absolute atomic E-state index is 14.2. The molecule has 426 valence electrons. The fraction of sp³-hybridized carbons (Fsp3) is 0.217. The van der Waals surface area contributed by atoms with E-state index in [2.05, 4.69) is 9.72 Å². The van der Waals surface area contributed by atoms with Gasteiger partial charge in [-0.3, -0.25) is 9.78 Å². The van der Waals surface area contributed by atoms with E-state index in [-0.39, 0.29) is 12.3 Å². The Bertz CT molecular complexity index is 2760. The number of hydrogen-bond acceptors (Lipinski definition) is 4. The summed E-state index contributed by atoms with van der Waals surface area (Å²) in [7, 11) is 0. The highest BCUT2D eigenvalue weighted by molar-refractivity contribution is 7.20. The third-order valence-corrected chi connectivity index (χ3v) is 11.1. The van der Waals surface area contributed by atoms with Crippen LogP contribution in [-0.2, 0) is 60.7 Å². The van der Waals surface area contributed by atoms with Gasteiger partial charge in [0.15, 0.2) is 6.20 Å². The Kier molecular flexibility index (Phi) is 16.8. The first kappa shape index (κ1) is 62.3. The maximum atomic E-state index is 14.2. The Balaban J connectivity index is 0.000000433. The standard InChI is InChI=1S/C32H12BF24.C14H10F3N2O3/c34-25(35,36)13-1-14(26(37,38)39)6-21(5-13)33(22-7-15(27(40,41)42)2-16(8-22)28(43,44)45,23-9-17(29(46,47)48)3-18(10-23)30(49,50)51)24-11-19(31(52,53)54)4-20(12-24)32(55,56)57;15-14(16,17)22-13(21)11-8-18-6-7-19(11)9-12(20)10-4-2-1-3-5-10/h1-12H;1-8H,9H2/q-1;+1. The Hall–Kier alpha value is -7.51. The van der Waals surface area contributed by atoms with Crippen LogP contribution in [0.4, 0.5) is 119 Å². The predicted octanol–water partition coefficient (Wildman–Crippen LogP) is 13.1. The molecule has 0 aliphatic rings. The molecule has 79 heavy (non-hydrogen) atoms. The molecule has 0 bridgehead atoms. The molecule has 6 rings (SSSR count). The van der Waals surface area contributed by atoms with Crippen LogP contribution in [0.3, 0.4) is 0 Å². The molecule has 0 saturated heterocycles. The van der Waals surface area contributed by atoms with E-state index in [9.17, 15) is 128 Å². The number of aromatic nitrogens is 2. The number of benzene rings is 5. The van der Waals surface area contributed by atoms with Crippen LogP contribution in [0.2, 0.25) is 0 Å². The topological polar surface area (TPSA) is 60.1 Å². The highest BCUT2D eigenvalue weighted by atomic mass is 19.4. The Morgan fingerprint density at radius 1 is 0.405 bits per heavy atom. The minimum absolute atomic E-state index is 0.311. The van der Waals surface area contributed by atoms with Crippen molar-refractivity contribution in [1.82, 2.24) is 4.98 Å². The van der Waals surface area contributed by atoms with Gasteiger partial charge in [0, 0.05) is 5.56 Å². The fourth-order valence-electron chi connectivity index (χ4n) is 7.79. The van der Waals surface area contributed by atoms with Crippen molar-refractivity contribution in [2.45, 2.75) is 62.3 Å². The van der Waals surface area contributed by atoms with Crippen LogP contribution < -0.4 is 26.4 Å². The van der Waals surface area contributed by atoms with Crippen molar-refractivity contribution in [2.24, 2.45) is 0 Å². The molecule has 5 aromatic carbocycles. The monoisotopic (exact) mass is 1170 g/mol. The molecule has 0 radical (unpaired) electrons. The molecule has 0 aliphatic carbocycles. The summed E-state index contributed by atoms with van der Waals surface area (Å²) in [6.45, 7) is -0.311. The second kappa shape index (κ2) is 21.3. The number of Topliss-reactive ketones (excluding diaryl/α,β-unsaturated/α-hetero) is 1. The second-order valence-corrected chi connectivity index (χ2v) is 16.4. The van der Waals surface area contributed by atoms with Crippen molar-refractivity contribution < 1.29 is 137 Å². The number of carbonyl (C=O) groups is 2. The summed E-state index contributed by atoms with van der Waals surface area (Å²) in [5.41, 5.74) is -30.3. The maximum Gasteiger partial charge on any atom is 0.575 e. The van der Waals surface area contributed by atoms with Gasteiger partial charge in [-0.1, -0.05) is 78.9 Å². The minimum Gasteiger partial charge on any atom is -0.365 e. The molecule has 0 fully saturated rings. The summed E-state index contributed by atoms with van der Waals surface area (Å²) in [5, 5.41) is 0. The lowest BCUT2D eigenvalue weighted by Gasteiger charge is -2.46. The van der Waals surface area contributed by atoms with Gasteiger partial charge < -0.3 is 4.74 Å². The summed E-state index contributed by atoms with van der Waals surface area (Å²) in [6.07, 6.45) is -56.5. The molecule has 0 aliphatic heterocycles. The highest BCUT2D eigenvalue weighted by Crippen LogP contribution is 2.41. The summed E-state index contributed by atoms with van der Waals surface area (Å²) in [6, 6.07) is -0.639. The van der Waals surface area contributed by atoms with Crippen LogP contribution in [0.15, 0.2) is 122 Å². The van der Waals surface area contributed by atoms with Crippen LogP contribution in [0.5, 0.6) is 0 Å². The smallest absolute Gasteiger partial charge is 0.365 e. The first-order valence-electron chi connectivity index (χ1n) is 20.7. The lowest BCUT2D eigenvalue weighted by Crippen LogP contribution is -2.75. The van der Waals surface area contributed by atoms with E-state index in [4.69, 9.17) is 0 Å². The molecule has 0 atom stereocenters. The van der Waals surface area contributed by atoms with E-state index in [0.29, 0.717) is 5.56 Å². The zero-order valence-corrected chi connectivity index (χ0v) is 37.7. The van der Waals surface area contributed by atoms with Crippen LogP contribution in [0.1, 0.15) is 65.4 Å². The van der Waals surface area contributed by atoms with E-state index in [1.54, 1.807) is 30.3 Å². The van der Waals surface area contributed by atoms with Crippen LogP contribution >= 0.6 is 0 Å². The molecule has 1 aromatic heterocycles. The second-order valence-electron chi connectivity index (χ2n) is 16.4. The van der Waals surface area contributed by atoms with Gasteiger partial charge in [-0.15, -0.1) is 13.2 Å². The number of hydrogen-bond donors (Lipinski definition) is 0. The van der Waals surface area contributed by atoms with E-state index < -0.39 is 213 Å². The summed E-state index contributed by atoms with van der Waals surface area (Å²) in [4.78, 5) is 27.1. The lowest BCUT2D eigenvalue weighted by molar-refractivity contribution is -0.686. The summed E-state index contributed by atoms with van der Waals surface area (Å²) in [5.74, 6) is -1.99. The number of halogens is 27. The molecule has 6 aromatic rings. The third kappa shape index (κ3) is 15.0. The quantitative estimate of drug-likeness (QED) is 0.0501. The molecular formula is C46H22BF27N2O3. The molecule has 0 amide bonds. The van der Waals surface area contributed by atoms with Gasteiger partial charge >= 0.3 is 67.4 Å². The van der Waals surface area contributed by atoms with Gasteiger partial charge in [0.25, 0.3) is 0 Å². The van der Waals surface area contributed by atoms with Gasteiger partial charge in [0.2, 0.25) is 12.3 Å². The van der Waals surface area contributed by atoms with Crippen LogP contribution in [-0.4, -0.2) is 29.2 Å². The molecular weight excluding hydrogens is 1150 g/mol.